The highest BCUT2D eigenvalue weighted by molar-refractivity contribution is 9.11. The largest absolute Gasteiger partial charge is 0.261 e. The highest BCUT2D eigenvalue weighted by atomic mass is 79.9. The van der Waals surface area contributed by atoms with Crippen LogP contribution in [-0.2, 0) is 0 Å². The van der Waals surface area contributed by atoms with Gasteiger partial charge in [0.1, 0.15) is 0 Å². The third-order valence-electron chi connectivity index (χ3n) is 0.955. The van der Waals surface area contributed by atoms with Crippen molar-refractivity contribution in [2.45, 2.75) is 6.85 Å². The van der Waals surface area contributed by atoms with E-state index < -0.39 is 6.85 Å². The fourth-order valence-electron chi connectivity index (χ4n) is 0.522. The maximum atomic E-state index is 7.46. The molecule has 2 heteroatoms. The smallest absolute Gasteiger partial charge is 0.0703 e. The highest BCUT2D eigenvalue weighted by Gasteiger charge is 1.84. The Morgan fingerprint density at radius 2 is 2.70 bits per heavy atom. The van der Waals surface area contributed by atoms with Gasteiger partial charge in [-0.05, 0) is 29.5 Å². The molecule has 0 aromatic carbocycles. The lowest BCUT2D eigenvalue weighted by Crippen LogP contribution is -1.79. The first-order valence-electron chi connectivity index (χ1n) is 5.12. The van der Waals surface area contributed by atoms with Crippen molar-refractivity contribution in [1.82, 2.24) is 4.98 Å². The molecule has 10 heavy (non-hydrogen) atoms. The fourth-order valence-corrected chi connectivity index (χ4v) is 0.751. The number of hydrogen-bond donors (Lipinski definition) is 0. The van der Waals surface area contributed by atoms with E-state index in [1.807, 2.05) is 0 Å². The molecular weight excluding hydrogens is 190 g/mol. The van der Waals surface area contributed by atoms with Crippen molar-refractivity contribution in [2.75, 3.05) is 0 Å². The van der Waals surface area contributed by atoms with Gasteiger partial charge in [-0.25, -0.2) is 0 Å². The second kappa shape index (κ2) is 3.52. The maximum absolute atomic E-state index is 7.46. The zero-order valence-corrected chi connectivity index (χ0v) is 6.64. The van der Waals surface area contributed by atoms with Gasteiger partial charge in [0.25, 0.3) is 0 Å². The molecule has 1 rings (SSSR count). The topological polar surface area (TPSA) is 12.9 Å². The summed E-state index contributed by atoms with van der Waals surface area (Å²) < 4.78 is 35.9. The number of hydrogen-bond acceptors (Lipinski definition) is 1. The first-order valence-corrected chi connectivity index (χ1v) is 3.41. The average Bonchev–Trinajstić information content (AvgIpc) is 2.15. The molecule has 0 saturated heterocycles. The summed E-state index contributed by atoms with van der Waals surface area (Å²) in [6.07, 6.45) is 1.28. The monoisotopic (exact) mass is 202 g/mol. The van der Waals surface area contributed by atoms with Crippen molar-refractivity contribution >= 4 is 22.0 Å². The summed E-state index contributed by atoms with van der Waals surface area (Å²) >= 11 is 2.85. The van der Waals surface area contributed by atoms with E-state index in [9.17, 15) is 0 Å². The van der Waals surface area contributed by atoms with Crippen LogP contribution in [0.3, 0.4) is 0 Å². The van der Waals surface area contributed by atoms with E-state index >= 15 is 0 Å². The molecule has 0 saturated carbocycles. The molecule has 0 aliphatic rings. The van der Waals surface area contributed by atoms with Crippen LogP contribution in [0.1, 0.15) is 18.1 Å². The SMILES string of the molecule is [2H]/C(Br)=C(/[2H])c1ccc(C([2H])([2H])[2H])nc1. The van der Waals surface area contributed by atoms with Gasteiger partial charge in [0.2, 0.25) is 0 Å². The highest BCUT2D eigenvalue weighted by Crippen LogP contribution is 2.02. The Kier molecular flexibility index (Phi) is 1.12. The predicted octanol–water partition coefficient (Wildman–Crippen LogP) is 2.76. The van der Waals surface area contributed by atoms with Crippen LogP contribution in [0.4, 0.5) is 0 Å². The molecule has 0 amide bonds. The van der Waals surface area contributed by atoms with Crippen molar-refractivity contribution in [1.29, 1.82) is 0 Å². The fraction of sp³-hybridized carbons (Fsp3) is 0.125. The molecule has 52 valence electrons. The lowest BCUT2D eigenvalue weighted by atomic mass is 10.2. The van der Waals surface area contributed by atoms with Gasteiger partial charge < -0.3 is 0 Å². The number of pyridine rings is 1. The van der Waals surface area contributed by atoms with Crippen LogP contribution < -0.4 is 0 Å². The van der Waals surface area contributed by atoms with Crippen molar-refractivity contribution in [2.24, 2.45) is 0 Å². The van der Waals surface area contributed by atoms with Gasteiger partial charge in [-0.15, -0.1) is 0 Å². The molecule has 0 fully saturated rings. The average molecular weight is 203 g/mol. The van der Waals surface area contributed by atoms with E-state index in [1.165, 1.54) is 18.3 Å². The lowest BCUT2D eigenvalue weighted by molar-refractivity contribution is 1.19. The van der Waals surface area contributed by atoms with Crippen LogP contribution in [0.5, 0.6) is 0 Å². The number of aryl methyl sites for hydroxylation is 1. The first-order chi connectivity index (χ1) is 6.82. The summed E-state index contributed by atoms with van der Waals surface area (Å²) in [4.78, 5) is 3.67. The Hall–Kier alpha value is -0.630. The summed E-state index contributed by atoms with van der Waals surface area (Å²) in [5.74, 6) is 0. The minimum Gasteiger partial charge on any atom is -0.261 e. The molecule has 1 nitrogen and oxygen atoms in total. The van der Waals surface area contributed by atoms with Crippen LogP contribution in [0.2, 0.25) is 0 Å². The molecule has 0 aliphatic heterocycles. The summed E-state index contributed by atoms with van der Waals surface area (Å²) in [5, 5.41) is 0. The third-order valence-corrected chi connectivity index (χ3v) is 1.15. The van der Waals surface area contributed by atoms with E-state index in [-0.39, 0.29) is 16.7 Å². The molecule has 0 radical (unpaired) electrons. The van der Waals surface area contributed by atoms with Gasteiger partial charge in [-0.1, -0.05) is 22.0 Å². The van der Waals surface area contributed by atoms with Gasteiger partial charge in [0, 0.05) is 16.0 Å². The Labute approximate surface area is 75.9 Å². The zero-order chi connectivity index (χ0) is 11.6. The van der Waals surface area contributed by atoms with Gasteiger partial charge >= 0.3 is 0 Å². The first kappa shape index (κ1) is 3.18. The third kappa shape index (κ3) is 1.95. The summed E-state index contributed by atoms with van der Waals surface area (Å²) in [6.45, 7) is -2.23. The molecule has 0 bridgehead atoms. The zero-order valence-electron chi connectivity index (χ0n) is 10.1. The van der Waals surface area contributed by atoms with Crippen molar-refractivity contribution in [3.8, 4) is 0 Å². The molecule has 1 aromatic heterocycles. The molecule has 0 atom stereocenters. The molecule has 0 unspecified atom stereocenters. The van der Waals surface area contributed by atoms with Gasteiger partial charge in [-0.2, -0.15) is 0 Å². The Balaban J connectivity index is 3.07. The van der Waals surface area contributed by atoms with E-state index in [4.69, 9.17) is 6.85 Å². The molecular formula is C8H8BrN. The van der Waals surface area contributed by atoms with Crippen molar-refractivity contribution in [3.63, 3.8) is 0 Å². The van der Waals surface area contributed by atoms with Gasteiger partial charge in [0.05, 0.1) is 2.74 Å². The van der Waals surface area contributed by atoms with E-state index in [0.29, 0.717) is 5.56 Å². The van der Waals surface area contributed by atoms with Crippen LogP contribution in [0, 0.1) is 6.85 Å². The van der Waals surface area contributed by atoms with Crippen molar-refractivity contribution in [3.05, 3.63) is 34.5 Å². The van der Waals surface area contributed by atoms with Crippen LogP contribution >= 0.6 is 15.9 Å². The van der Waals surface area contributed by atoms with Crippen LogP contribution in [0.25, 0.3) is 6.05 Å². The normalized spacial score (nSPS) is 21.1. The quantitative estimate of drug-likeness (QED) is 0.683. The Bertz CT molecular complexity index is 377. The minimum atomic E-state index is -2.23. The minimum absolute atomic E-state index is 0.0137. The number of rotatable bonds is 1. The van der Waals surface area contributed by atoms with E-state index in [0.717, 1.165) is 0 Å². The summed E-state index contributed by atoms with van der Waals surface area (Å²) in [6, 6.07) is 2.78. The molecule has 1 aromatic rings. The molecule has 0 N–H and O–H groups in total. The maximum Gasteiger partial charge on any atom is 0.0703 e. The second-order valence-electron chi connectivity index (χ2n) is 1.65. The molecule has 0 spiro atoms. The van der Waals surface area contributed by atoms with Crippen LogP contribution in [-0.4, -0.2) is 4.98 Å². The lowest BCUT2D eigenvalue weighted by Gasteiger charge is -1.91. The number of aromatic nitrogens is 1. The van der Waals surface area contributed by atoms with E-state index in [1.54, 1.807) is 0 Å². The van der Waals surface area contributed by atoms with E-state index in [2.05, 4.69) is 20.9 Å². The van der Waals surface area contributed by atoms with Gasteiger partial charge in [0.15, 0.2) is 0 Å². The number of halogens is 1. The second-order valence-corrected chi connectivity index (χ2v) is 2.05. The van der Waals surface area contributed by atoms with Crippen molar-refractivity contribution < 1.29 is 6.85 Å². The standard InChI is InChI=1S/C8H8BrN/c1-7-2-3-8(4-5-9)6-10-7/h2-6H,1H3/b5-4+/i1D3,4D,5D. The van der Waals surface area contributed by atoms with Crippen LogP contribution in [0.15, 0.2) is 23.3 Å². The molecule has 0 aliphatic carbocycles. The summed E-state index contributed by atoms with van der Waals surface area (Å²) in [7, 11) is 0. The predicted molar refractivity (Wildman–Crippen MR) is 46.9 cm³/mol. The van der Waals surface area contributed by atoms with Gasteiger partial charge in [-0.3, -0.25) is 4.98 Å². The Morgan fingerprint density at radius 1 is 1.80 bits per heavy atom. The molecule has 1 heterocycles. The number of nitrogens with zero attached hydrogens (tertiary/aromatic N) is 1. The summed E-state index contributed by atoms with van der Waals surface area (Å²) in [5.41, 5.74) is 0.394. The Morgan fingerprint density at radius 3 is 3.20 bits per heavy atom.